The van der Waals surface area contributed by atoms with E-state index in [4.69, 9.17) is 4.74 Å². The second-order valence-corrected chi connectivity index (χ2v) is 6.37. The van der Waals surface area contributed by atoms with Crippen molar-refractivity contribution in [2.45, 2.75) is 44.3 Å². The van der Waals surface area contributed by atoms with Gasteiger partial charge in [-0.3, -0.25) is 9.36 Å². The molecule has 0 spiro atoms. The van der Waals surface area contributed by atoms with E-state index in [1.807, 2.05) is 30.3 Å². The molecule has 1 aromatic heterocycles. The molecule has 3 N–H and O–H groups in total. The minimum absolute atomic E-state index is 0.0996. The molecule has 1 saturated heterocycles. The minimum atomic E-state index is -1.40. The number of anilines is 1. The second kappa shape index (κ2) is 7.95. The van der Waals surface area contributed by atoms with Crippen LogP contribution in [0.2, 0.25) is 0 Å². The summed E-state index contributed by atoms with van der Waals surface area (Å²) >= 11 is 0. The molecule has 2 unspecified atom stereocenters. The fraction of sp³-hybridized carbons (Fsp3) is 0.389. The maximum Gasteiger partial charge on any atom is 0.351 e. The molecule has 144 valence electrons. The first kappa shape index (κ1) is 19.2. The number of halogens is 1. The molecule has 1 aliphatic heterocycles. The van der Waals surface area contributed by atoms with E-state index in [-0.39, 0.29) is 6.42 Å². The highest BCUT2D eigenvalue weighted by Crippen LogP contribution is 2.28. The van der Waals surface area contributed by atoms with E-state index >= 15 is 0 Å². The van der Waals surface area contributed by atoms with Crippen molar-refractivity contribution in [3.8, 4) is 0 Å². The average molecular weight is 377 g/mol. The van der Waals surface area contributed by atoms with Crippen LogP contribution in [0.25, 0.3) is 0 Å². The van der Waals surface area contributed by atoms with Crippen LogP contribution in [0.3, 0.4) is 0 Å². The van der Waals surface area contributed by atoms with Gasteiger partial charge in [0.05, 0.1) is 12.3 Å². The summed E-state index contributed by atoms with van der Waals surface area (Å²) < 4.78 is 20.3. The summed E-state index contributed by atoms with van der Waals surface area (Å²) in [5, 5.41) is 21.9. The van der Waals surface area contributed by atoms with Gasteiger partial charge >= 0.3 is 5.69 Å². The van der Waals surface area contributed by atoms with E-state index in [1.54, 1.807) is 0 Å². The summed E-state index contributed by atoms with van der Waals surface area (Å²) in [6, 6.07) is 9.31. The van der Waals surface area contributed by atoms with Gasteiger partial charge in [0.25, 0.3) is 0 Å². The maximum absolute atomic E-state index is 14.3. The molecule has 4 atom stereocenters. The Morgan fingerprint density at radius 3 is 2.63 bits per heavy atom. The number of aromatic nitrogens is 2. The summed E-state index contributed by atoms with van der Waals surface area (Å²) in [4.78, 5) is 27.7. The van der Waals surface area contributed by atoms with Gasteiger partial charge < -0.3 is 20.3 Å². The van der Waals surface area contributed by atoms with Gasteiger partial charge in [-0.05, 0) is 18.9 Å². The lowest BCUT2D eigenvalue weighted by molar-refractivity contribution is -0.116. The number of nitrogens with zero attached hydrogens (tertiary/aromatic N) is 2. The molecule has 1 amide bonds. The summed E-state index contributed by atoms with van der Waals surface area (Å²) in [7, 11) is 0. The largest absolute Gasteiger partial charge is 0.388 e. The highest BCUT2D eigenvalue weighted by molar-refractivity contribution is 5.89. The van der Waals surface area contributed by atoms with Gasteiger partial charge in [0, 0.05) is 6.42 Å². The number of rotatable bonds is 5. The molecule has 0 bridgehead atoms. The molecule has 2 aromatic rings. The smallest absolute Gasteiger partial charge is 0.351 e. The summed E-state index contributed by atoms with van der Waals surface area (Å²) in [6.07, 6.45) is -3.23. The quantitative estimate of drug-likeness (QED) is 0.703. The molecule has 0 aliphatic carbocycles. The zero-order valence-corrected chi connectivity index (χ0v) is 14.6. The van der Waals surface area contributed by atoms with E-state index in [0.29, 0.717) is 6.42 Å². The predicted octanol–water partition coefficient (Wildman–Crippen LogP) is 0.593. The SMILES string of the molecule is C[C@H]1O[C@@H](n2cc(F)c(NC(=O)CCc3ccccc3)nc2=O)C(O)C1O. The molecule has 3 rings (SSSR count). The van der Waals surface area contributed by atoms with E-state index < -0.39 is 47.8 Å². The number of amides is 1. The fourth-order valence-corrected chi connectivity index (χ4v) is 2.87. The number of hydrogen-bond donors (Lipinski definition) is 3. The molecule has 27 heavy (non-hydrogen) atoms. The normalized spacial score (nSPS) is 24.7. The van der Waals surface area contributed by atoms with Crippen LogP contribution in [-0.4, -0.2) is 44.0 Å². The third kappa shape index (κ3) is 4.21. The first-order chi connectivity index (χ1) is 12.9. The molecule has 0 radical (unpaired) electrons. The van der Waals surface area contributed by atoms with Crippen molar-refractivity contribution < 1.29 is 24.1 Å². The van der Waals surface area contributed by atoms with Crippen molar-refractivity contribution in [1.82, 2.24) is 9.55 Å². The van der Waals surface area contributed by atoms with Crippen LogP contribution in [0.4, 0.5) is 10.2 Å². The number of aryl methyl sites for hydroxylation is 1. The number of ether oxygens (including phenoxy) is 1. The first-order valence-electron chi connectivity index (χ1n) is 8.51. The number of carbonyl (C=O) groups excluding carboxylic acids is 1. The molecule has 0 saturated carbocycles. The molecule has 1 aromatic carbocycles. The first-order valence-corrected chi connectivity index (χ1v) is 8.51. The van der Waals surface area contributed by atoms with E-state index in [1.165, 1.54) is 6.92 Å². The topological polar surface area (TPSA) is 114 Å². The fourth-order valence-electron chi connectivity index (χ4n) is 2.87. The summed E-state index contributed by atoms with van der Waals surface area (Å²) in [6.45, 7) is 1.52. The Labute approximate surface area is 154 Å². The van der Waals surface area contributed by atoms with Crippen molar-refractivity contribution in [3.63, 3.8) is 0 Å². The van der Waals surface area contributed by atoms with Gasteiger partial charge in [-0.2, -0.15) is 4.98 Å². The number of benzene rings is 1. The second-order valence-electron chi connectivity index (χ2n) is 6.37. The average Bonchev–Trinajstić information content (AvgIpc) is 2.91. The summed E-state index contributed by atoms with van der Waals surface area (Å²) in [5.41, 5.74) is 0.0386. The number of carbonyl (C=O) groups is 1. The Bertz CT molecular complexity index is 873. The third-order valence-electron chi connectivity index (χ3n) is 4.40. The third-order valence-corrected chi connectivity index (χ3v) is 4.40. The molecule has 9 heteroatoms. The van der Waals surface area contributed by atoms with Gasteiger partial charge in [0.15, 0.2) is 17.9 Å². The number of nitrogens with one attached hydrogen (secondary N) is 1. The van der Waals surface area contributed by atoms with Crippen LogP contribution in [0, 0.1) is 5.82 Å². The molecular formula is C18H20FN3O5. The van der Waals surface area contributed by atoms with Crippen LogP contribution < -0.4 is 11.0 Å². The summed E-state index contributed by atoms with van der Waals surface area (Å²) in [5.74, 6) is -1.92. The zero-order valence-electron chi connectivity index (χ0n) is 14.6. The Hall–Kier alpha value is -2.62. The van der Waals surface area contributed by atoms with Crippen molar-refractivity contribution in [2.24, 2.45) is 0 Å². The molecular weight excluding hydrogens is 357 g/mol. The number of aliphatic hydroxyl groups excluding tert-OH is 2. The monoisotopic (exact) mass is 377 g/mol. The molecule has 8 nitrogen and oxygen atoms in total. The zero-order chi connectivity index (χ0) is 19.6. The van der Waals surface area contributed by atoms with Crippen LogP contribution in [0.15, 0.2) is 41.3 Å². The standard InChI is InChI=1S/C18H20FN3O5/c1-10-14(24)15(25)17(27-10)22-9-12(19)16(21-18(22)26)20-13(23)8-7-11-5-3-2-4-6-11/h2-6,9-10,14-15,17,24-25H,7-8H2,1H3,(H,20,21,23,26)/t10-,14?,15?,17-/m1/s1. The Morgan fingerprint density at radius 1 is 1.30 bits per heavy atom. The Kier molecular flexibility index (Phi) is 5.64. The van der Waals surface area contributed by atoms with Crippen molar-refractivity contribution in [2.75, 3.05) is 5.32 Å². The van der Waals surface area contributed by atoms with Gasteiger partial charge in [-0.1, -0.05) is 30.3 Å². The number of hydrogen-bond acceptors (Lipinski definition) is 6. The van der Waals surface area contributed by atoms with Crippen LogP contribution >= 0.6 is 0 Å². The van der Waals surface area contributed by atoms with Gasteiger partial charge in [0.1, 0.15) is 12.2 Å². The van der Waals surface area contributed by atoms with Crippen molar-refractivity contribution >= 4 is 11.7 Å². The Morgan fingerprint density at radius 2 is 2.00 bits per heavy atom. The van der Waals surface area contributed by atoms with Crippen LogP contribution in [-0.2, 0) is 16.0 Å². The van der Waals surface area contributed by atoms with Crippen LogP contribution in [0.1, 0.15) is 25.1 Å². The minimum Gasteiger partial charge on any atom is -0.388 e. The lowest BCUT2D eigenvalue weighted by Gasteiger charge is -2.17. The molecule has 2 heterocycles. The van der Waals surface area contributed by atoms with Crippen molar-refractivity contribution in [3.05, 3.63) is 58.4 Å². The van der Waals surface area contributed by atoms with Crippen LogP contribution in [0.5, 0.6) is 0 Å². The highest BCUT2D eigenvalue weighted by Gasteiger charge is 2.42. The van der Waals surface area contributed by atoms with E-state index in [0.717, 1.165) is 16.3 Å². The highest BCUT2D eigenvalue weighted by atomic mass is 19.1. The molecule has 1 fully saturated rings. The lowest BCUT2D eigenvalue weighted by atomic mass is 10.1. The van der Waals surface area contributed by atoms with Gasteiger partial charge in [-0.15, -0.1) is 0 Å². The van der Waals surface area contributed by atoms with Crippen molar-refractivity contribution in [1.29, 1.82) is 0 Å². The Balaban J connectivity index is 1.70. The van der Waals surface area contributed by atoms with Gasteiger partial charge in [-0.25, -0.2) is 9.18 Å². The van der Waals surface area contributed by atoms with Gasteiger partial charge in [0.2, 0.25) is 5.91 Å². The maximum atomic E-state index is 14.3. The number of aliphatic hydroxyl groups is 2. The van der Waals surface area contributed by atoms with E-state index in [2.05, 4.69) is 10.3 Å². The van der Waals surface area contributed by atoms with E-state index in [9.17, 15) is 24.2 Å². The molecule has 1 aliphatic rings. The lowest BCUT2D eigenvalue weighted by Crippen LogP contribution is -2.36. The predicted molar refractivity (Wildman–Crippen MR) is 93.4 cm³/mol.